The van der Waals surface area contributed by atoms with Crippen LogP contribution >= 0.6 is 0 Å². The number of ketones is 1. The van der Waals surface area contributed by atoms with Gasteiger partial charge >= 0.3 is 0 Å². The van der Waals surface area contributed by atoms with E-state index >= 15 is 0 Å². The molecule has 3 atom stereocenters. The highest BCUT2D eigenvalue weighted by Gasteiger charge is 2.55. The van der Waals surface area contributed by atoms with Gasteiger partial charge in [-0.15, -0.1) is 0 Å². The fourth-order valence-electron chi connectivity index (χ4n) is 3.01. The van der Waals surface area contributed by atoms with Crippen LogP contribution in [0.4, 0.5) is 0 Å². The molecule has 0 aromatic carbocycles. The SMILES string of the molecule is CC(=O)C1(C)CCC(C(C)O)C1(C)C. The largest absolute Gasteiger partial charge is 0.393 e. The number of hydrogen-bond donors (Lipinski definition) is 1. The number of Topliss-reactive ketones (excluding diaryl/α,β-unsaturated/α-hetero) is 1. The zero-order valence-electron chi connectivity index (χ0n) is 9.92. The maximum absolute atomic E-state index is 11.7. The third kappa shape index (κ3) is 1.40. The molecule has 0 radical (unpaired) electrons. The van der Waals surface area contributed by atoms with E-state index in [-0.39, 0.29) is 28.6 Å². The first kappa shape index (κ1) is 11.7. The molecule has 0 amide bonds. The molecule has 1 fully saturated rings. The van der Waals surface area contributed by atoms with Crippen molar-refractivity contribution in [1.82, 2.24) is 0 Å². The summed E-state index contributed by atoms with van der Waals surface area (Å²) in [7, 11) is 0. The molecule has 0 heterocycles. The van der Waals surface area contributed by atoms with Crippen molar-refractivity contribution in [2.75, 3.05) is 0 Å². The Balaban J connectivity index is 3.02. The third-order valence-electron chi connectivity index (χ3n) is 4.66. The molecule has 3 unspecified atom stereocenters. The molecule has 2 heteroatoms. The smallest absolute Gasteiger partial charge is 0.136 e. The molecule has 1 rings (SSSR count). The Morgan fingerprint density at radius 2 is 1.93 bits per heavy atom. The molecular formula is C12H22O2. The fraction of sp³-hybridized carbons (Fsp3) is 0.917. The van der Waals surface area contributed by atoms with Crippen molar-refractivity contribution >= 4 is 5.78 Å². The van der Waals surface area contributed by atoms with Crippen molar-refractivity contribution in [2.24, 2.45) is 16.7 Å². The minimum atomic E-state index is -0.314. The molecule has 1 saturated carbocycles. The van der Waals surface area contributed by atoms with Crippen molar-refractivity contribution in [3.05, 3.63) is 0 Å². The van der Waals surface area contributed by atoms with E-state index in [4.69, 9.17) is 0 Å². The lowest BCUT2D eigenvalue weighted by Gasteiger charge is -2.41. The van der Waals surface area contributed by atoms with Crippen molar-refractivity contribution in [2.45, 2.75) is 53.6 Å². The molecule has 2 nitrogen and oxygen atoms in total. The monoisotopic (exact) mass is 198 g/mol. The minimum absolute atomic E-state index is 0.0903. The second-order valence-corrected chi connectivity index (χ2v) is 5.50. The van der Waals surface area contributed by atoms with Crippen LogP contribution < -0.4 is 0 Å². The molecule has 0 saturated heterocycles. The van der Waals surface area contributed by atoms with Crippen molar-refractivity contribution in [3.8, 4) is 0 Å². The van der Waals surface area contributed by atoms with Crippen molar-refractivity contribution in [1.29, 1.82) is 0 Å². The third-order valence-corrected chi connectivity index (χ3v) is 4.66. The van der Waals surface area contributed by atoms with Gasteiger partial charge < -0.3 is 5.11 Å². The highest BCUT2D eigenvalue weighted by atomic mass is 16.3. The van der Waals surface area contributed by atoms with Gasteiger partial charge in [0.1, 0.15) is 5.78 Å². The van der Waals surface area contributed by atoms with Crippen LogP contribution in [-0.4, -0.2) is 17.0 Å². The first-order chi connectivity index (χ1) is 6.23. The first-order valence-corrected chi connectivity index (χ1v) is 5.42. The van der Waals surface area contributed by atoms with Gasteiger partial charge in [0.05, 0.1) is 6.10 Å². The average molecular weight is 198 g/mol. The van der Waals surface area contributed by atoms with Gasteiger partial charge in [-0.05, 0) is 38.0 Å². The number of carbonyl (C=O) groups is 1. The van der Waals surface area contributed by atoms with E-state index in [0.29, 0.717) is 0 Å². The summed E-state index contributed by atoms with van der Waals surface area (Å²) in [6.07, 6.45) is 1.55. The summed E-state index contributed by atoms with van der Waals surface area (Å²) >= 11 is 0. The second-order valence-electron chi connectivity index (χ2n) is 5.50. The van der Waals surface area contributed by atoms with E-state index in [0.717, 1.165) is 12.8 Å². The van der Waals surface area contributed by atoms with Gasteiger partial charge in [-0.25, -0.2) is 0 Å². The second kappa shape index (κ2) is 3.34. The van der Waals surface area contributed by atoms with Gasteiger partial charge in [0, 0.05) is 5.41 Å². The summed E-state index contributed by atoms with van der Waals surface area (Å²) in [6, 6.07) is 0. The van der Waals surface area contributed by atoms with E-state index in [9.17, 15) is 9.90 Å². The van der Waals surface area contributed by atoms with E-state index in [1.165, 1.54) is 0 Å². The van der Waals surface area contributed by atoms with Crippen molar-refractivity contribution in [3.63, 3.8) is 0 Å². The molecule has 0 aliphatic heterocycles. The average Bonchev–Trinajstić information content (AvgIpc) is 2.24. The number of aliphatic hydroxyl groups is 1. The van der Waals surface area contributed by atoms with Crippen LogP contribution in [0.25, 0.3) is 0 Å². The molecule has 0 spiro atoms. The molecule has 0 bridgehead atoms. The maximum Gasteiger partial charge on any atom is 0.136 e. The molecule has 1 aliphatic carbocycles. The van der Waals surface area contributed by atoms with Gasteiger partial charge in [-0.3, -0.25) is 4.79 Å². The lowest BCUT2D eigenvalue weighted by atomic mass is 9.63. The first-order valence-electron chi connectivity index (χ1n) is 5.42. The molecular weight excluding hydrogens is 176 g/mol. The summed E-state index contributed by atoms with van der Waals surface area (Å²) < 4.78 is 0. The number of aliphatic hydroxyl groups excluding tert-OH is 1. The zero-order chi connectivity index (χ0) is 11.1. The van der Waals surface area contributed by atoms with Crippen LogP contribution in [0.2, 0.25) is 0 Å². The summed E-state index contributed by atoms with van der Waals surface area (Å²) in [5.41, 5.74) is -0.346. The predicted molar refractivity (Wildman–Crippen MR) is 57.0 cm³/mol. The quantitative estimate of drug-likeness (QED) is 0.739. The highest BCUT2D eigenvalue weighted by molar-refractivity contribution is 5.83. The van der Waals surface area contributed by atoms with E-state index in [1.54, 1.807) is 6.92 Å². The van der Waals surface area contributed by atoms with Crippen LogP contribution in [0.5, 0.6) is 0 Å². The highest BCUT2D eigenvalue weighted by Crippen LogP contribution is 2.57. The van der Waals surface area contributed by atoms with Gasteiger partial charge in [0.15, 0.2) is 0 Å². The normalized spacial score (nSPS) is 38.3. The Labute approximate surface area is 86.7 Å². The van der Waals surface area contributed by atoms with Crippen LogP contribution in [0.1, 0.15) is 47.5 Å². The van der Waals surface area contributed by atoms with Crippen LogP contribution in [0.15, 0.2) is 0 Å². The molecule has 0 aromatic rings. The predicted octanol–water partition coefficient (Wildman–Crippen LogP) is 2.40. The van der Waals surface area contributed by atoms with Crippen LogP contribution in [0.3, 0.4) is 0 Å². The summed E-state index contributed by atoms with van der Waals surface area (Å²) in [5.74, 6) is 0.502. The molecule has 0 aromatic heterocycles. The molecule has 1 N–H and O–H groups in total. The van der Waals surface area contributed by atoms with Gasteiger partial charge in [0.2, 0.25) is 0 Å². The zero-order valence-corrected chi connectivity index (χ0v) is 9.92. The Morgan fingerprint density at radius 3 is 2.14 bits per heavy atom. The topological polar surface area (TPSA) is 37.3 Å². The summed E-state index contributed by atoms with van der Waals surface area (Å²) in [6.45, 7) is 9.76. The Bertz CT molecular complexity index is 243. The number of rotatable bonds is 2. The standard InChI is InChI=1S/C12H22O2/c1-8(13)10-6-7-12(5,9(2)14)11(10,3)4/h8,10,13H,6-7H2,1-5H3. The number of hydrogen-bond acceptors (Lipinski definition) is 2. The van der Waals surface area contributed by atoms with Gasteiger partial charge in [-0.2, -0.15) is 0 Å². The Hall–Kier alpha value is -0.370. The molecule has 82 valence electrons. The number of carbonyl (C=O) groups excluding carboxylic acids is 1. The van der Waals surface area contributed by atoms with E-state index < -0.39 is 0 Å². The fourth-order valence-corrected chi connectivity index (χ4v) is 3.01. The van der Waals surface area contributed by atoms with Crippen molar-refractivity contribution < 1.29 is 9.90 Å². The van der Waals surface area contributed by atoms with Crippen LogP contribution in [0, 0.1) is 16.7 Å². The van der Waals surface area contributed by atoms with Gasteiger partial charge in [-0.1, -0.05) is 20.8 Å². The lowest BCUT2D eigenvalue weighted by Crippen LogP contribution is -2.42. The Kier molecular flexibility index (Phi) is 2.79. The summed E-state index contributed by atoms with van der Waals surface area (Å²) in [4.78, 5) is 11.7. The Morgan fingerprint density at radius 1 is 1.43 bits per heavy atom. The van der Waals surface area contributed by atoms with E-state index in [1.807, 2.05) is 13.8 Å². The minimum Gasteiger partial charge on any atom is -0.393 e. The van der Waals surface area contributed by atoms with Crippen LogP contribution in [-0.2, 0) is 4.79 Å². The molecule has 1 aliphatic rings. The maximum atomic E-state index is 11.7. The van der Waals surface area contributed by atoms with Gasteiger partial charge in [0.25, 0.3) is 0 Å². The van der Waals surface area contributed by atoms with E-state index in [2.05, 4.69) is 13.8 Å². The lowest BCUT2D eigenvalue weighted by molar-refractivity contribution is -0.132. The molecule has 14 heavy (non-hydrogen) atoms. The summed E-state index contributed by atoms with van der Waals surface area (Å²) in [5, 5.41) is 9.69.